The van der Waals surface area contributed by atoms with Crippen molar-refractivity contribution >= 4 is 11.5 Å². The molecule has 14 heavy (non-hydrogen) atoms. The van der Waals surface area contributed by atoms with E-state index in [0.29, 0.717) is 5.69 Å². The maximum atomic E-state index is 13.3. The molecule has 1 aliphatic rings. The number of nitrogens with zero attached hydrogens (tertiary/aromatic N) is 1. The Kier molecular flexibility index (Phi) is 2.48. The van der Waals surface area contributed by atoms with E-state index in [-0.39, 0.29) is 5.82 Å². The molecule has 0 bridgehead atoms. The zero-order valence-corrected chi connectivity index (χ0v) is 8.18. The Balaban J connectivity index is 2.19. The molecular formula is C11H13FN2. The number of anilines is 1. The van der Waals surface area contributed by atoms with Crippen molar-refractivity contribution in [3.63, 3.8) is 0 Å². The molecule has 1 aromatic carbocycles. The first-order chi connectivity index (χ1) is 6.75. The van der Waals surface area contributed by atoms with Gasteiger partial charge in [-0.05, 0) is 31.0 Å². The highest BCUT2D eigenvalue weighted by atomic mass is 19.1. The predicted molar refractivity (Wildman–Crippen MR) is 56.3 cm³/mol. The van der Waals surface area contributed by atoms with Crippen LogP contribution in [0.1, 0.15) is 18.4 Å². The second kappa shape index (κ2) is 3.78. The lowest BCUT2D eigenvalue weighted by molar-refractivity contribution is 0.631. The van der Waals surface area contributed by atoms with Gasteiger partial charge in [-0.25, -0.2) is 4.39 Å². The molecule has 1 aliphatic heterocycles. The first-order valence-electron chi connectivity index (χ1n) is 4.82. The molecule has 74 valence electrons. The molecule has 0 saturated carbocycles. The van der Waals surface area contributed by atoms with Crippen molar-refractivity contribution in [2.45, 2.75) is 19.8 Å². The van der Waals surface area contributed by atoms with E-state index in [1.165, 1.54) is 6.07 Å². The third kappa shape index (κ3) is 1.92. The summed E-state index contributed by atoms with van der Waals surface area (Å²) in [6.45, 7) is 2.80. The summed E-state index contributed by atoms with van der Waals surface area (Å²) in [5.41, 5.74) is 1.58. The Bertz CT molecular complexity index is 372. The monoisotopic (exact) mass is 192 g/mol. The molecule has 0 aliphatic carbocycles. The highest BCUT2D eigenvalue weighted by molar-refractivity contribution is 5.96. The van der Waals surface area contributed by atoms with E-state index in [0.717, 1.165) is 30.8 Å². The molecule has 0 atom stereocenters. The number of amidine groups is 1. The summed E-state index contributed by atoms with van der Waals surface area (Å²) >= 11 is 0. The first-order valence-corrected chi connectivity index (χ1v) is 4.82. The molecular weight excluding hydrogens is 179 g/mol. The van der Waals surface area contributed by atoms with Gasteiger partial charge in [-0.2, -0.15) is 0 Å². The Morgan fingerprint density at radius 1 is 1.43 bits per heavy atom. The van der Waals surface area contributed by atoms with Crippen LogP contribution in [-0.2, 0) is 0 Å². The zero-order chi connectivity index (χ0) is 9.97. The standard InChI is InChI=1S/C11H13FN2/c1-8-4-5-9(12)10(7-8)14-11-3-2-6-13-11/h4-5,7H,2-3,6H2,1H3,(H,13,14). The number of hydrogen-bond acceptors (Lipinski definition) is 2. The van der Waals surface area contributed by atoms with Crippen LogP contribution < -0.4 is 5.32 Å². The quantitative estimate of drug-likeness (QED) is 0.727. The minimum absolute atomic E-state index is 0.217. The van der Waals surface area contributed by atoms with Gasteiger partial charge >= 0.3 is 0 Å². The summed E-state index contributed by atoms with van der Waals surface area (Å²) in [7, 11) is 0. The Morgan fingerprint density at radius 3 is 3.00 bits per heavy atom. The van der Waals surface area contributed by atoms with Crippen LogP contribution in [-0.4, -0.2) is 12.4 Å². The molecule has 1 heterocycles. The number of benzene rings is 1. The summed E-state index contributed by atoms with van der Waals surface area (Å²) in [4.78, 5) is 4.24. The third-order valence-corrected chi connectivity index (χ3v) is 2.28. The fourth-order valence-electron chi connectivity index (χ4n) is 1.53. The van der Waals surface area contributed by atoms with E-state index >= 15 is 0 Å². The average Bonchev–Trinajstić information content (AvgIpc) is 2.64. The number of nitrogens with one attached hydrogen (secondary N) is 1. The number of aliphatic imine (C=N–C) groups is 1. The third-order valence-electron chi connectivity index (χ3n) is 2.28. The smallest absolute Gasteiger partial charge is 0.146 e. The maximum absolute atomic E-state index is 13.3. The molecule has 2 nitrogen and oxygen atoms in total. The van der Waals surface area contributed by atoms with Gasteiger partial charge in [-0.3, -0.25) is 4.99 Å². The summed E-state index contributed by atoms with van der Waals surface area (Å²) in [6, 6.07) is 5.04. The average molecular weight is 192 g/mol. The maximum Gasteiger partial charge on any atom is 0.146 e. The van der Waals surface area contributed by atoms with Gasteiger partial charge in [0.2, 0.25) is 0 Å². The normalized spacial score (nSPS) is 15.4. The van der Waals surface area contributed by atoms with Crippen molar-refractivity contribution in [3.8, 4) is 0 Å². The lowest BCUT2D eigenvalue weighted by Crippen LogP contribution is -2.09. The Hall–Kier alpha value is -1.38. The van der Waals surface area contributed by atoms with Crippen LogP contribution in [0, 0.1) is 12.7 Å². The van der Waals surface area contributed by atoms with Crippen molar-refractivity contribution in [2.75, 3.05) is 11.9 Å². The number of aryl methyl sites for hydroxylation is 1. The van der Waals surface area contributed by atoms with E-state index in [1.54, 1.807) is 12.1 Å². The highest BCUT2D eigenvalue weighted by Gasteiger charge is 2.08. The van der Waals surface area contributed by atoms with Gasteiger partial charge in [-0.1, -0.05) is 6.07 Å². The highest BCUT2D eigenvalue weighted by Crippen LogP contribution is 2.17. The van der Waals surface area contributed by atoms with Crippen LogP contribution in [0.15, 0.2) is 23.2 Å². The Labute approximate surface area is 82.9 Å². The van der Waals surface area contributed by atoms with Crippen molar-refractivity contribution in [1.82, 2.24) is 0 Å². The lowest BCUT2D eigenvalue weighted by Gasteiger charge is -2.07. The van der Waals surface area contributed by atoms with E-state index in [2.05, 4.69) is 10.3 Å². The van der Waals surface area contributed by atoms with Gasteiger partial charge in [-0.15, -0.1) is 0 Å². The topological polar surface area (TPSA) is 24.4 Å². The molecule has 0 aromatic heterocycles. The van der Waals surface area contributed by atoms with E-state index in [9.17, 15) is 4.39 Å². The van der Waals surface area contributed by atoms with Gasteiger partial charge in [0.25, 0.3) is 0 Å². The predicted octanol–water partition coefficient (Wildman–Crippen LogP) is 2.74. The second-order valence-corrected chi connectivity index (χ2v) is 3.54. The van der Waals surface area contributed by atoms with Crippen LogP contribution in [0.25, 0.3) is 0 Å². The van der Waals surface area contributed by atoms with Gasteiger partial charge in [0.05, 0.1) is 5.69 Å². The van der Waals surface area contributed by atoms with Gasteiger partial charge in [0.1, 0.15) is 11.7 Å². The van der Waals surface area contributed by atoms with Crippen LogP contribution >= 0.6 is 0 Å². The molecule has 2 rings (SSSR count). The van der Waals surface area contributed by atoms with Crippen molar-refractivity contribution < 1.29 is 4.39 Å². The summed E-state index contributed by atoms with van der Waals surface area (Å²) in [5.74, 6) is 0.680. The summed E-state index contributed by atoms with van der Waals surface area (Å²) in [5, 5.41) is 3.02. The summed E-state index contributed by atoms with van der Waals surface area (Å²) < 4.78 is 13.3. The van der Waals surface area contributed by atoms with E-state index in [1.807, 2.05) is 6.92 Å². The molecule has 0 amide bonds. The number of halogens is 1. The fraction of sp³-hybridized carbons (Fsp3) is 0.364. The van der Waals surface area contributed by atoms with Crippen LogP contribution in [0.3, 0.4) is 0 Å². The molecule has 1 aromatic rings. The number of hydrogen-bond donors (Lipinski definition) is 1. The summed E-state index contributed by atoms with van der Waals surface area (Å²) in [6.07, 6.45) is 1.99. The lowest BCUT2D eigenvalue weighted by atomic mass is 10.2. The molecule has 0 radical (unpaired) electrons. The first kappa shape index (κ1) is 9.19. The second-order valence-electron chi connectivity index (χ2n) is 3.54. The molecule has 0 saturated heterocycles. The molecule has 1 N–H and O–H groups in total. The van der Waals surface area contributed by atoms with Crippen molar-refractivity contribution in [2.24, 2.45) is 4.99 Å². The van der Waals surface area contributed by atoms with Crippen LogP contribution in [0.5, 0.6) is 0 Å². The van der Waals surface area contributed by atoms with Crippen molar-refractivity contribution in [3.05, 3.63) is 29.6 Å². The van der Waals surface area contributed by atoms with Gasteiger partial charge < -0.3 is 5.32 Å². The minimum Gasteiger partial charge on any atom is -0.342 e. The largest absolute Gasteiger partial charge is 0.342 e. The van der Waals surface area contributed by atoms with Gasteiger partial charge in [0, 0.05) is 13.0 Å². The van der Waals surface area contributed by atoms with Crippen LogP contribution in [0.4, 0.5) is 10.1 Å². The Morgan fingerprint density at radius 2 is 2.29 bits per heavy atom. The molecule has 0 spiro atoms. The van der Waals surface area contributed by atoms with Crippen molar-refractivity contribution in [1.29, 1.82) is 0 Å². The number of rotatable bonds is 1. The van der Waals surface area contributed by atoms with E-state index < -0.39 is 0 Å². The zero-order valence-electron chi connectivity index (χ0n) is 8.18. The van der Waals surface area contributed by atoms with E-state index in [4.69, 9.17) is 0 Å². The molecule has 0 fully saturated rings. The minimum atomic E-state index is -0.217. The molecule has 0 unspecified atom stereocenters. The van der Waals surface area contributed by atoms with Gasteiger partial charge in [0.15, 0.2) is 0 Å². The van der Waals surface area contributed by atoms with Crippen LogP contribution in [0.2, 0.25) is 0 Å². The fourth-order valence-corrected chi connectivity index (χ4v) is 1.53. The SMILES string of the molecule is Cc1ccc(F)c(NC2=NCCC2)c1. The molecule has 3 heteroatoms.